The summed E-state index contributed by atoms with van der Waals surface area (Å²) in [6.07, 6.45) is 10.6. The fourth-order valence-corrected chi connectivity index (χ4v) is 4.24. The molecule has 0 bridgehead atoms. The molecule has 0 spiro atoms. The van der Waals surface area contributed by atoms with Crippen molar-refractivity contribution in [2.75, 3.05) is 11.9 Å². The van der Waals surface area contributed by atoms with Crippen LogP contribution in [0.2, 0.25) is 0 Å². The molecule has 0 unspecified atom stereocenters. The Hall–Kier alpha value is -1.85. The maximum atomic E-state index is 12.7. The summed E-state index contributed by atoms with van der Waals surface area (Å²) in [5.74, 6) is 2.55. The molecule has 0 aromatic carbocycles. The van der Waals surface area contributed by atoms with Crippen molar-refractivity contribution >= 4 is 17.7 Å². The predicted octanol–water partition coefficient (Wildman–Crippen LogP) is 3.11. The average molecular weight is 329 g/mol. The van der Waals surface area contributed by atoms with Crippen LogP contribution in [0.3, 0.4) is 0 Å². The van der Waals surface area contributed by atoms with Crippen LogP contribution in [0.4, 0.5) is 5.82 Å². The first-order chi connectivity index (χ1) is 11.7. The van der Waals surface area contributed by atoms with Crippen molar-refractivity contribution < 1.29 is 4.79 Å². The maximum Gasteiger partial charge on any atom is 0.280 e. The lowest BCUT2D eigenvalue weighted by Crippen LogP contribution is -2.51. The summed E-state index contributed by atoms with van der Waals surface area (Å²) in [7, 11) is 1.82. The van der Waals surface area contributed by atoms with Crippen LogP contribution in [-0.4, -0.2) is 45.9 Å². The van der Waals surface area contributed by atoms with E-state index in [9.17, 15) is 4.79 Å². The van der Waals surface area contributed by atoms with Gasteiger partial charge in [-0.05, 0) is 25.7 Å². The molecule has 1 saturated carbocycles. The largest absolute Gasteiger partial charge is 0.336 e. The van der Waals surface area contributed by atoms with Gasteiger partial charge in [-0.2, -0.15) is 0 Å². The van der Waals surface area contributed by atoms with E-state index in [0.717, 1.165) is 43.3 Å². The molecule has 1 aliphatic carbocycles. The van der Waals surface area contributed by atoms with Crippen LogP contribution in [0.1, 0.15) is 74.6 Å². The number of nitrogens with one attached hydrogen (secondary N) is 1. The Bertz CT molecular complexity index is 664. The molecule has 130 valence electrons. The Morgan fingerprint density at radius 1 is 1.21 bits per heavy atom. The number of aliphatic imine (C=N–C) groups is 1. The summed E-state index contributed by atoms with van der Waals surface area (Å²) in [6.45, 7) is 2.23. The van der Waals surface area contributed by atoms with E-state index >= 15 is 0 Å². The van der Waals surface area contributed by atoms with Gasteiger partial charge in [0, 0.05) is 13.5 Å². The van der Waals surface area contributed by atoms with E-state index in [1.54, 1.807) is 4.90 Å². The molecule has 0 radical (unpaired) electrons. The summed E-state index contributed by atoms with van der Waals surface area (Å²) in [4.78, 5) is 29.5. The number of aromatic nitrogens is 2. The van der Waals surface area contributed by atoms with Crippen molar-refractivity contribution in [1.82, 2.24) is 14.9 Å². The number of carbonyl (C=O) groups excluding carboxylic acids is 1. The van der Waals surface area contributed by atoms with Crippen LogP contribution in [-0.2, 0) is 6.42 Å². The van der Waals surface area contributed by atoms with Gasteiger partial charge in [-0.1, -0.05) is 32.6 Å². The fraction of sp³-hybridized carbons (Fsp3) is 0.722. The summed E-state index contributed by atoms with van der Waals surface area (Å²) in [5, 5.41) is 0. The Labute approximate surface area is 143 Å². The number of H-pyrrole nitrogens is 1. The number of nitrogens with zero attached hydrogens (tertiary/aromatic N) is 4. The van der Waals surface area contributed by atoms with E-state index in [1.807, 2.05) is 7.05 Å². The van der Waals surface area contributed by atoms with Gasteiger partial charge in [0.15, 0.2) is 5.82 Å². The first-order valence-corrected chi connectivity index (χ1v) is 9.44. The highest BCUT2D eigenvalue weighted by Crippen LogP contribution is 2.39. The van der Waals surface area contributed by atoms with Gasteiger partial charge < -0.3 is 4.98 Å². The third-order valence-electron chi connectivity index (χ3n) is 5.57. The van der Waals surface area contributed by atoms with Crippen LogP contribution >= 0.6 is 0 Å². The highest BCUT2D eigenvalue weighted by atomic mass is 16.2. The Morgan fingerprint density at radius 2 is 2.04 bits per heavy atom. The Kier molecular flexibility index (Phi) is 4.06. The van der Waals surface area contributed by atoms with E-state index in [4.69, 9.17) is 9.98 Å². The second-order valence-electron chi connectivity index (χ2n) is 7.28. The number of aryl methyl sites for hydroxylation is 1. The lowest BCUT2D eigenvalue weighted by Gasteiger charge is -2.33. The van der Waals surface area contributed by atoms with Crippen LogP contribution in [0.25, 0.3) is 0 Å². The molecule has 3 heterocycles. The lowest BCUT2D eigenvalue weighted by molar-refractivity contribution is 0.0859. The molecule has 3 aliphatic rings. The number of anilines is 1. The number of hydrogen-bond donors (Lipinski definition) is 1. The standard InChI is InChI=1S/C18H27N5O/c1-3-4-5-6-7-11-14-20-15-16(21-14)23-13-10-8-9-12(13)19-18(23)22(2)17(15)24/h12-13H,3-11H2,1-2H3,(H,20,21)/t12-,13+/m1/s1. The van der Waals surface area contributed by atoms with Crippen molar-refractivity contribution in [2.45, 2.75) is 76.8 Å². The molecule has 24 heavy (non-hydrogen) atoms. The maximum absolute atomic E-state index is 12.7. The smallest absolute Gasteiger partial charge is 0.280 e. The number of hydrogen-bond acceptors (Lipinski definition) is 4. The second kappa shape index (κ2) is 6.22. The second-order valence-corrected chi connectivity index (χ2v) is 7.28. The molecular weight excluding hydrogens is 302 g/mol. The zero-order valence-electron chi connectivity index (χ0n) is 14.7. The SMILES string of the molecule is CCCCCCCc1nc2c([nH]1)C(=O)N(C)C1=N[C@@H]3CCC[C@@H]3N12. The Morgan fingerprint density at radius 3 is 2.88 bits per heavy atom. The predicted molar refractivity (Wildman–Crippen MR) is 94.5 cm³/mol. The summed E-state index contributed by atoms with van der Waals surface area (Å²) in [6, 6.07) is 0.713. The van der Waals surface area contributed by atoms with Crippen LogP contribution in [0.15, 0.2) is 4.99 Å². The van der Waals surface area contributed by atoms with Gasteiger partial charge in [-0.15, -0.1) is 0 Å². The third-order valence-corrected chi connectivity index (χ3v) is 5.57. The van der Waals surface area contributed by atoms with Gasteiger partial charge in [-0.3, -0.25) is 14.6 Å². The summed E-state index contributed by atoms with van der Waals surface area (Å²) in [5.41, 5.74) is 0.646. The molecule has 6 nitrogen and oxygen atoms in total. The lowest BCUT2D eigenvalue weighted by atomic mass is 10.1. The van der Waals surface area contributed by atoms with Crippen molar-refractivity contribution in [2.24, 2.45) is 4.99 Å². The van der Waals surface area contributed by atoms with E-state index in [0.29, 0.717) is 17.8 Å². The molecule has 1 aromatic rings. The minimum absolute atomic E-state index is 0.00953. The van der Waals surface area contributed by atoms with Crippen molar-refractivity contribution in [3.8, 4) is 0 Å². The third kappa shape index (κ3) is 2.43. The van der Waals surface area contributed by atoms with Crippen LogP contribution in [0.5, 0.6) is 0 Å². The number of fused-ring (bicyclic) bond motifs is 5. The molecular formula is C18H27N5O. The number of amides is 1. The van der Waals surface area contributed by atoms with Gasteiger partial charge in [0.25, 0.3) is 5.91 Å². The number of guanidine groups is 1. The topological polar surface area (TPSA) is 64.6 Å². The molecule has 1 amide bonds. The molecule has 0 saturated heterocycles. The fourth-order valence-electron chi connectivity index (χ4n) is 4.24. The first kappa shape index (κ1) is 15.7. The number of imidazole rings is 1. The summed E-state index contributed by atoms with van der Waals surface area (Å²) < 4.78 is 0. The number of carbonyl (C=O) groups is 1. The zero-order chi connectivity index (χ0) is 16.7. The van der Waals surface area contributed by atoms with E-state index in [2.05, 4.69) is 16.8 Å². The molecule has 1 aromatic heterocycles. The number of rotatable bonds is 6. The zero-order valence-corrected chi connectivity index (χ0v) is 14.7. The molecule has 6 heteroatoms. The molecule has 1 fully saturated rings. The summed E-state index contributed by atoms with van der Waals surface area (Å²) >= 11 is 0. The highest BCUT2D eigenvalue weighted by molar-refractivity contribution is 6.18. The Balaban J connectivity index is 1.55. The van der Waals surface area contributed by atoms with Gasteiger partial charge in [0.2, 0.25) is 5.96 Å². The number of unbranched alkanes of at least 4 members (excludes halogenated alkanes) is 4. The average Bonchev–Trinajstić information content (AvgIpc) is 3.25. The molecule has 2 atom stereocenters. The van der Waals surface area contributed by atoms with Crippen molar-refractivity contribution in [3.63, 3.8) is 0 Å². The monoisotopic (exact) mass is 329 g/mol. The van der Waals surface area contributed by atoms with Crippen molar-refractivity contribution in [3.05, 3.63) is 11.5 Å². The normalized spacial score (nSPS) is 24.9. The van der Waals surface area contributed by atoms with Gasteiger partial charge in [0.1, 0.15) is 11.5 Å². The minimum atomic E-state index is -0.00953. The van der Waals surface area contributed by atoms with Gasteiger partial charge in [0.05, 0.1) is 12.1 Å². The van der Waals surface area contributed by atoms with Gasteiger partial charge >= 0.3 is 0 Å². The molecule has 4 rings (SSSR count). The van der Waals surface area contributed by atoms with Crippen molar-refractivity contribution in [1.29, 1.82) is 0 Å². The van der Waals surface area contributed by atoms with E-state index < -0.39 is 0 Å². The van der Waals surface area contributed by atoms with E-state index in [1.165, 1.54) is 32.1 Å². The quantitative estimate of drug-likeness (QED) is 0.816. The van der Waals surface area contributed by atoms with E-state index in [-0.39, 0.29) is 5.91 Å². The highest BCUT2D eigenvalue weighted by Gasteiger charge is 2.48. The van der Waals surface area contributed by atoms with Crippen LogP contribution < -0.4 is 4.90 Å². The molecule has 2 aliphatic heterocycles. The first-order valence-electron chi connectivity index (χ1n) is 9.44. The minimum Gasteiger partial charge on any atom is -0.336 e. The number of aromatic amines is 1. The van der Waals surface area contributed by atoms with Gasteiger partial charge in [-0.25, -0.2) is 9.98 Å². The van der Waals surface area contributed by atoms with Crippen LogP contribution in [0, 0.1) is 0 Å². The molecule has 1 N–H and O–H groups in total.